The quantitative estimate of drug-likeness (QED) is 0.849. The molecule has 0 bridgehead atoms. The molecule has 0 aromatic carbocycles. The Morgan fingerprint density at radius 1 is 1.48 bits per heavy atom. The van der Waals surface area contributed by atoms with Gasteiger partial charge < -0.3 is 15.0 Å². The molecular formula is C14H19ClN4O2. The number of carbonyl (C=O) groups is 1. The van der Waals surface area contributed by atoms with Gasteiger partial charge in [0.2, 0.25) is 5.28 Å². The zero-order valence-electron chi connectivity index (χ0n) is 12.5. The number of aromatic nitrogens is 3. The van der Waals surface area contributed by atoms with Gasteiger partial charge in [-0.3, -0.25) is 4.79 Å². The molecule has 0 radical (unpaired) electrons. The SMILES string of the molecule is Cn1ccc2c(NC(CC(=O)O)C(C)(C)C)nc(Cl)nc21. The highest BCUT2D eigenvalue weighted by Crippen LogP contribution is 2.29. The summed E-state index contributed by atoms with van der Waals surface area (Å²) in [6.07, 6.45) is 1.86. The number of nitrogens with one attached hydrogen (secondary N) is 1. The molecule has 21 heavy (non-hydrogen) atoms. The second kappa shape index (κ2) is 5.52. The minimum Gasteiger partial charge on any atom is -0.481 e. The zero-order valence-corrected chi connectivity index (χ0v) is 13.3. The van der Waals surface area contributed by atoms with Crippen LogP contribution in [0.4, 0.5) is 5.82 Å². The number of carboxylic acid groups (broad SMARTS) is 1. The molecule has 0 aliphatic rings. The molecule has 1 atom stereocenters. The Labute approximate surface area is 128 Å². The van der Waals surface area contributed by atoms with Gasteiger partial charge in [0, 0.05) is 19.3 Å². The molecule has 2 aromatic rings. The molecule has 0 spiro atoms. The van der Waals surface area contributed by atoms with Crippen molar-refractivity contribution in [3.8, 4) is 0 Å². The third kappa shape index (κ3) is 3.44. The molecule has 1 unspecified atom stereocenters. The van der Waals surface area contributed by atoms with Crippen LogP contribution in [-0.4, -0.2) is 31.7 Å². The Balaban J connectivity index is 2.43. The topological polar surface area (TPSA) is 80.0 Å². The van der Waals surface area contributed by atoms with Gasteiger partial charge in [0.05, 0.1) is 11.8 Å². The maximum absolute atomic E-state index is 11.1. The van der Waals surface area contributed by atoms with Crippen LogP contribution in [0.15, 0.2) is 12.3 Å². The van der Waals surface area contributed by atoms with Gasteiger partial charge in [0.1, 0.15) is 11.5 Å². The summed E-state index contributed by atoms with van der Waals surface area (Å²) in [6, 6.07) is 1.61. The molecule has 2 N–H and O–H groups in total. The zero-order chi connectivity index (χ0) is 15.8. The van der Waals surface area contributed by atoms with Crippen LogP contribution in [0.25, 0.3) is 11.0 Å². The van der Waals surface area contributed by atoms with Crippen molar-refractivity contribution >= 4 is 34.4 Å². The Kier molecular flexibility index (Phi) is 4.09. The number of carboxylic acids is 1. The first-order chi connectivity index (χ1) is 9.68. The summed E-state index contributed by atoms with van der Waals surface area (Å²) in [5.41, 5.74) is 0.470. The fourth-order valence-corrected chi connectivity index (χ4v) is 2.30. The fraction of sp³-hybridized carbons (Fsp3) is 0.500. The lowest BCUT2D eigenvalue weighted by Crippen LogP contribution is -2.36. The summed E-state index contributed by atoms with van der Waals surface area (Å²) in [4.78, 5) is 19.5. The van der Waals surface area contributed by atoms with Crippen LogP contribution in [-0.2, 0) is 11.8 Å². The van der Waals surface area contributed by atoms with Gasteiger partial charge >= 0.3 is 5.97 Å². The molecule has 2 heterocycles. The Hall–Kier alpha value is -1.82. The van der Waals surface area contributed by atoms with Crippen LogP contribution in [0.5, 0.6) is 0 Å². The second-order valence-corrected chi connectivity index (χ2v) is 6.50. The first kappa shape index (κ1) is 15.6. The maximum atomic E-state index is 11.1. The average Bonchev–Trinajstić information content (AvgIpc) is 2.69. The Morgan fingerprint density at radius 3 is 2.71 bits per heavy atom. The number of aliphatic carboxylic acids is 1. The molecule has 2 aromatic heterocycles. The van der Waals surface area contributed by atoms with Crippen molar-refractivity contribution in [2.45, 2.75) is 33.2 Å². The molecule has 0 saturated heterocycles. The van der Waals surface area contributed by atoms with Crippen molar-refractivity contribution in [2.24, 2.45) is 12.5 Å². The van der Waals surface area contributed by atoms with Crippen molar-refractivity contribution in [3.63, 3.8) is 0 Å². The van der Waals surface area contributed by atoms with E-state index in [1.54, 1.807) is 0 Å². The lowest BCUT2D eigenvalue weighted by atomic mass is 9.84. The summed E-state index contributed by atoms with van der Waals surface area (Å²) in [7, 11) is 1.87. The van der Waals surface area contributed by atoms with E-state index in [0.29, 0.717) is 11.5 Å². The standard InChI is InChI=1S/C14H19ClN4O2/c1-14(2,3)9(7-10(20)21)16-11-8-5-6-19(4)12(8)18-13(15)17-11/h5-6,9H,7H2,1-4H3,(H,20,21)(H,16,17,18). The molecule has 7 heteroatoms. The minimum atomic E-state index is -0.855. The first-order valence-electron chi connectivity index (χ1n) is 6.65. The predicted molar refractivity (Wildman–Crippen MR) is 82.6 cm³/mol. The third-order valence-corrected chi connectivity index (χ3v) is 3.60. The van der Waals surface area contributed by atoms with E-state index in [-0.39, 0.29) is 23.2 Å². The van der Waals surface area contributed by atoms with Gasteiger partial charge in [-0.2, -0.15) is 4.98 Å². The summed E-state index contributed by atoms with van der Waals surface area (Å²) in [5.74, 6) is -0.293. The fourth-order valence-electron chi connectivity index (χ4n) is 2.13. The van der Waals surface area contributed by atoms with Gasteiger partial charge in [0.25, 0.3) is 0 Å². The van der Waals surface area contributed by atoms with Crippen LogP contribution in [0.1, 0.15) is 27.2 Å². The van der Waals surface area contributed by atoms with E-state index in [9.17, 15) is 4.79 Å². The highest BCUT2D eigenvalue weighted by Gasteiger charge is 2.28. The van der Waals surface area contributed by atoms with Crippen molar-refractivity contribution in [1.82, 2.24) is 14.5 Å². The van der Waals surface area contributed by atoms with Crippen molar-refractivity contribution in [3.05, 3.63) is 17.5 Å². The maximum Gasteiger partial charge on any atom is 0.305 e. The number of nitrogens with zero attached hydrogens (tertiary/aromatic N) is 3. The summed E-state index contributed by atoms with van der Waals surface area (Å²) < 4.78 is 1.84. The van der Waals surface area contributed by atoms with E-state index in [0.717, 1.165) is 5.39 Å². The predicted octanol–water partition coefficient (Wildman–Crippen LogP) is 2.92. The lowest BCUT2D eigenvalue weighted by Gasteiger charge is -2.31. The van der Waals surface area contributed by atoms with E-state index in [4.69, 9.17) is 16.7 Å². The Bertz CT molecular complexity index is 675. The number of anilines is 1. The lowest BCUT2D eigenvalue weighted by molar-refractivity contribution is -0.137. The molecule has 0 aliphatic carbocycles. The van der Waals surface area contributed by atoms with Crippen molar-refractivity contribution in [2.75, 3.05) is 5.32 Å². The number of rotatable bonds is 4. The normalized spacial score (nSPS) is 13.4. The van der Waals surface area contributed by atoms with Gasteiger partial charge in [-0.15, -0.1) is 0 Å². The third-order valence-electron chi connectivity index (χ3n) is 3.43. The number of hydrogen-bond donors (Lipinski definition) is 2. The van der Waals surface area contributed by atoms with E-state index in [2.05, 4.69) is 15.3 Å². The monoisotopic (exact) mass is 310 g/mol. The molecule has 2 rings (SSSR count). The minimum absolute atomic E-state index is 0.000547. The van der Waals surface area contributed by atoms with Crippen LogP contribution in [0.2, 0.25) is 5.28 Å². The molecular weight excluding hydrogens is 292 g/mol. The highest BCUT2D eigenvalue weighted by molar-refractivity contribution is 6.28. The number of fused-ring (bicyclic) bond motifs is 1. The molecule has 114 valence electrons. The number of halogens is 1. The summed E-state index contributed by atoms with van der Waals surface area (Å²) >= 11 is 5.96. The smallest absolute Gasteiger partial charge is 0.305 e. The summed E-state index contributed by atoms with van der Waals surface area (Å²) in [6.45, 7) is 5.95. The molecule has 0 aliphatic heterocycles. The largest absolute Gasteiger partial charge is 0.481 e. The van der Waals surface area contributed by atoms with Crippen LogP contribution >= 0.6 is 11.6 Å². The van der Waals surface area contributed by atoms with Gasteiger partial charge in [-0.05, 0) is 23.1 Å². The van der Waals surface area contributed by atoms with Gasteiger partial charge in [-0.25, -0.2) is 4.98 Å². The molecule has 6 nitrogen and oxygen atoms in total. The van der Waals surface area contributed by atoms with E-state index < -0.39 is 5.97 Å². The Morgan fingerprint density at radius 2 is 2.14 bits per heavy atom. The van der Waals surface area contributed by atoms with E-state index in [1.807, 2.05) is 44.6 Å². The molecule has 0 fully saturated rings. The van der Waals surface area contributed by atoms with E-state index in [1.165, 1.54) is 0 Å². The second-order valence-electron chi connectivity index (χ2n) is 6.17. The van der Waals surface area contributed by atoms with Crippen LogP contribution in [0, 0.1) is 5.41 Å². The van der Waals surface area contributed by atoms with Crippen LogP contribution < -0.4 is 5.32 Å². The number of aryl methyl sites for hydroxylation is 1. The number of hydrogen-bond acceptors (Lipinski definition) is 4. The van der Waals surface area contributed by atoms with Gasteiger partial charge in [0.15, 0.2) is 0 Å². The highest BCUT2D eigenvalue weighted by atomic mass is 35.5. The van der Waals surface area contributed by atoms with E-state index >= 15 is 0 Å². The van der Waals surface area contributed by atoms with Crippen molar-refractivity contribution in [1.29, 1.82) is 0 Å². The average molecular weight is 311 g/mol. The molecule has 0 saturated carbocycles. The first-order valence-corrected chi connectivity index (χ1v) is 7.03. The van der Waals surface area contributed by atoms with Crippen LogP contribution in [0.3, 0.4) is 0 Å². The van der Waals surface area contributed by atoms with Gasteiger partial charge in [-0.1, -0.05) is 20.8 Å². The molecule has 0 amide bonds. The van der Waals surface area contributed by atoms with Crippen molar-refractivity contribution < 1.29 is 9.90 Å². The summed E-state index contributed by atoms with van der Waals surface area (Å²) in [5, 5.41) is 13.3.